The minimum absolute atomic E-state index is 0.186. The molecule has 0 saturated carbocycles. The molecule has 2 rings (SSSR count). The molecule has 1 heterocycles. The zero-order valence-electron chi connectivity index (χ0n) is 10.0. The number of benzene rings is 1. The van der Waals surface area contributed by atoms with Crippen molar-refractivity contribution in [2.75, 3.05) is 12.3 Å². The first-order valence-electron chi connectivity index (χ1n) is 5.88. The molecular formula is C13H16N4O. The molecule has 5 nitrogen and oxygen atoms in total. The van der Waals surface area contributed by atoms with Crippen molar-refractivity contribution >= 4 is 11.7 Å². The van der Waals surface area contributed by atoms with Gasteiger partial charge in [-0.1, -0.05) is 30.3 Å². The summed E-state index contributed by atoms with van der Waals surface area (Å²) in [6.45, 7) is 0.623. The second-order valence-electron chi connectivity index (χ2n) is 4.04. The maximum Gasteiger partial charge on any atom is 0.256 e. The van der Waals surface area contributed by atoms with Crippen LogP contribution < -0.4 is 11.1 Å². The van der Waals surface area contributed by atoms with Crippen LogP contribution in [0.2, 0.25) is 0 Å². The second-order valence-corrected chi connectivity index (χ2v) is 4.04. The summed E-state index contributed by atoms with van der Waals surface area (Å²) in [6.07, 6.45) is 3.28. The fourth-order valence-corrected chi connectivity index (χ4v) is 1.71. The zero-order chi connectivity index (χ0) is 12.8. The van der Waals surface area contributed by atoms with E-state index in [9.17, 15) is 4.79 Å². The van der Waals surface area contributed by atoms with Gasteiger partial charge in [-0.25, -0.2) is 0 Å². The van der Waals surface area contributed by atoms with Crippen LogP contribution in [0.5, 0.6) is 0 Å². The Hall–Kier alpha value is -2.30. The number of hydrogen-bond donors (Lipinski definition) is 3. The lowest BCUT2D eigenvalue weighted by Gasteiger charge is -2.04. The number of nitrogens with zero attached hydrogens (tertiary/aromatic N) is 1. The Morgan fingerprint density at radius 3 is 2.78 bits per heavy atom. The molecule has 1 aromatic heterocycles. The van der Waals surface area contributed by atoms with Gasteiger partial charge in [0.1, 0.15) is 11.4 Å². The van der Waals surface area contributed by atoms with E-state index in [4.69, 9.17) is 5.73 Å². The molecule has 0 unspecified atom stereocenters. The van der Waals surface area contributed by atoms with E-state index in [1.54, 1.807) is 0 Å². The Kier molecular flexibility index (Phi) is 3.96. The summed E-state index contributed by atoms with van der Waals surface area (Å²) >= 11 is 0. The molecule has 0 spiro atoms. The normalized spacial score (nSPS) is 10.2. The molecule has 0 atom stereocenters. The lowest BCUT2D eigenvalue weighted by Crippen LogP contribution is -2.25. The van der Waals surface area contributed by atoms with Crippen LogP contribution in [-0.4, -0.2) is 22.6 Å². The lowest BCUT2D eigenvalue weighted by atomic mass is 10.1. The molecule has 0 radical (unpaired) electrons. The van der Waals surface area contributed by atoms with Crippen molar-refractivity contribution in [1.29, 1.82) is 0 Å². The Morgan fingerprint density at radius 1 is 1.33 bits per heavy atom. The lowest BCUT2D eigenvalue weighted by molar-refractivity contribution is 0.0954. The molecule has 1 aromatic carbocycles. The first-order chi connectivity index (χ1) is 8.77. The average Bonchev–Trinajstić information content (AvgIpc) is 2.82. The van der Waals surface area contributed by atoms with Crippen molar-refractivity contribution in [3.63, 3.8) is 0 Å². The van der Waals surface area contributed by atoms with Gasteiger partial charge in [0.15, 0.2) is 0 Å². The largest absolute Gasteiger partial charge is 0.383 e. The van der Waals surface area contributed by atoms with Gasteiger partial charge < -0.3 is 11.1 Å². The number of aryl methyl sites for hydroxylation is 1. The fourth-order valence-electron chi connectivity index (χ4n) is 1.71. The van der Waals surface area contributed by atoms with Crippen LogP contribution in [0.1, 0.15) is 22.3 Å². The number of nitrogens with two attached hydrogens (primary N) is 1. The first-order valence-corrected chi connectivity index (χ1v) is 5.88. The number of carbonyl (C=O) groups is 1. The zero-order valence-corrected chi connectivity index (χ0v) is 10.0. The average molecular weight is 244 g/mol. The number of anilines is 1. The van der Waals surface area contributed by atoms with Gasteiger partial charge in [-0.05, 0) is 18.4 Å². The maximum absolute atomic E-state index is 11.7. The minimum atomic E-state index is -0.186. The third-order valence-corrected chi connectivity index (χ3v) is 2.68. The van der Waals surface area contributed by atoms with Crippen molar-refractivity contribution in [2.45, 2.75) is 12.8 Å². The highest BCUT2D eigenvalue weighted by Crippen LogP contribution is 2.05. The van der Waals surface area contributed by atoms with E-state index in [0.29, 0.717) is 17.9 Å². The van der Waals surface area contributed by atoms with E-state index in [-0.39, 0.29) is 5.91 Å². The van der Waals surface area contributed by atoms with Crippen LogP contribution in [0.25, 0.3) is 0 Å². The highest BCUT2D eigenvalue weighted by molar-refractivity contribution is 5.97. The van der Waals surface area contributed by atoms with E-state index in [1.807, 2.05) is 18.2 Å². The van der Waals surface area contributed by atoms with Crippen LogP contribution in [0, 0.1) is 0 Å². The Bertz CT molecular complexity index is 507. The van der Waals surface area contributed by atoms with E-state index in [1.165, 1.54) is 11.8 Å². The number of H-pyrrole nitrogens is 1. The number of aromatic nitrogens is 2. The van der Waals surface area contributed by atoms with Crippen molar-refractivity contribution < 1.29 is 4.79 Å². The van der Waals surface area contributed by atoms with Gasteiger partial charge in [-0.2, -0.15) is 5.10 Å². The van der Waals surface area contributed by atoms with Crippen LogP contribution in [-0.2, 0) is 6.42 Å². The monoisotopic (exact) mass is 244 g/mol. The molecular weight excluding hydrogens is 228 g/mol. The van der Waals surface area contributed by atoms with E-state index in [2.05, 4.69) is 27.6 Å². The third-order valence-electron chi connectivity index (χ3n) is 2.68. The van der Waals surface area contributed by atoms with Crippen LogP contribution in [0.3, 0.4) is 0 Å². The standard InChI is InChI=1S/C13H16N4O/c14-12-11(9-16-17-12)13(18)15-8-4-7-10-5-2-1-3-6-10/h1-3,5-6,9H,4,7-8H2,(H,15,18)(H3,14,16,17). The van der Waals surface area contributed by atoms with Gasteiger partial charge in [0.2, 0.25) is 0 Å². The van der Waals surface area contributed by atoms with Crippen LogP contribution in [0.4, 0.5) is 5.82 Å². The summed E-state index contributed by atoms with van der Waals surface area (Å²) in [5, 5.41) is 9.06. The molecule has 18 heavy (non-hydrogen) atoms. The second kappa shape index (κ2) is 5.86. The highest BCUT2D eigenvalue weighted by atomic mass is 16.1. The Labute approximate surface area is 105 Å². The third kappa shape index (κ3) is 3.10. The molecule has 0 aliphatic heterocycles. The highest BCUT2D eigenvalue weighted by Gasteiger charge is 2.10. The van der Waals surface area contributed by atoms with Crippen LogP contribution >= 0.6 is 0 Å². The molecule has 5 heteroatoms. The Morgan fingerprint density at radius 2 is 2.11 bits per heavy atom. The predicted octanol–water partition coefficient (Wildman–Crippen LogP) is 1.35. The van der Waals surface area contributed by atoms with Gasteiger partial charge in [-0.15, -0.1) is 0 Å². The molecule has 1 amide bonds. The summed E-state index contributed by atoms with van der Waals surface area (Å²) in [4.78, 5) is 11.7. The van der Waals surface area contributed by atoms with Gasteiger partial charge in [0, 0.05) is 6.54 Å². The van der Waals surface area contributed by atoms with Gasteiger partial charge in [0.25, 0.3) is 5.91 Å². The number of nitrogens with one attached hydrogen (secondary N) is 2. The molecule has 0 aliphatic rings. The Balaban J connectivity index is 1.73. The SMILES string of the molecule is Nc1[nH]ncc1C(=O)NCCCc1ccccc1. The summed E-state index contributed by atoms with van der Waals surface area (Å²) < 4.78 is 0. The molecule has 0 bridgehead atoms. The smallest absolute Gasteiger partial charge is 0.256 e. The number of carbonyl (C=O) groups excluding carboxylic acids is 1. The van der Waals surface area contributed by atoms with Crippen molar-refractivity contribution in [1.82, 2.24) is 15.5 Å². The molecule has 0 fully saturated rings. The topological polar surface area (TPSA) is 83.8 Å². The summed E-state index contributed by atoms with van der Waals surface area (Å²) in [7, 11) is 0. The van der Waals surface area contributed by atoms with E-state index >= 15 is 0 Å². The van der Waals surface area contributed by atoms with Crippen molar-refractivity contribution in [3.8, 4) is 0 Å². The van der Waals surface area contributed by atoms with Crippen LogP contribution in [0.15, 0.2) is 36.5 Å². The molecule has 2 aromatic rings. The van der Waals surface area contributed by atoms with Gasteiger partial charge >= 0.3 is 0 Å². The number of nitrogen functional groups attached to an aromatic ring is 1. The molecule has 0 aliphatic carbocycles. The summed E-state index contributed by atoms with van der Waals surface area (Å²) in [6, 6.07) is 10.2. The fraction of sp³-hybridized carbons (Fsp3) is 0.231. The number of hydrogen-bond acceptors (Lipinski definition) is 3. The van der Waals surface area contributed by atoms with Gasteiger partial charge in [0.05, 0.1) is 6.20 Å². The predicted molar refractivity (Wildman–Crippen MR) is 70.1 cm³/mol. The van der Waals surface area contributed by atoms with Crippen molar-refractivity contribution in [2.24, 2.45) is 0 Å². The van der Waals surface area contributed by atoms with Gasteiger partial charge in [-0.3, -0.25) is 9.89 Å². The minimum Gasteiger partial charge on any atom is -0.383 e. The first kappa shape index (κ1) is 12.2. The molecule has 4 N–H and O–H groups in total. The summed E-state index contributed by atoms with van der Waals surface area (Å²) in [5.41, 5.74) is 7.23. The number of rotatable bonds is 5. The number of amides is 1. The molecule has 0 saturated heterocycles. The van der Waals surface area contributed by atoms with E-state index < -0.39 is 0 Å². The molecule has 94 valence electrons. The number of aromatic amines is 1. The quantitative estimate of drug-likeness (QED) is 0.694. The summed E-state index contributed by atoms with van der Waals surface area (Å²) in [5.74, 6) is 0.116. The van der Waals surface area contributed by atoms with E-state index in [0.717, 1.165) is 12.8 Å². The van der Waals surface area contributed by atoms with Crippen molar-refractivity contribution in [3.05, 3.63) is 47.7 Å². The maximum atomic E-state index is 11.7.